The highest BCUT2D eigenvalue weighted by molar-refractivity contribution is 7.89. The third-order valence-corrected chi connectivity index (χ3v) is 7.26. The number of carbonyl (C=O) groups is 1. The van der Waals surface area contributed by atoms with Gasteiger partial charge in [-0.3, -0.25) is 4.79 Å². The molecule has 0 aromatic heterocycles. The molecule has 0 bridgehead atoms. The summed E-state index contributed by atoms with van der Waals surface area (Å²) < 4.78 is 70.3. The van der Waals surface area contributed by atoms with Crippen LogP contribution in [-0.4, -0.2) is 38.3 Å². The first-order valence-electron chi connectivity index (χ1n) is 10.3. The summed E-state index contributed by atoms with van der Waals surface area (Å²) >= 11 is 0. The van der Waals surface area contributed by atoms with E-state index in [-0.39, 0.29) is 36.4 Å². The molecule has 0 aliphatic carbocycles. The molecule has 0 atom stereocenters. The van der Waals surface area contributed by atoms with Crippen molar-refractivity contribution >= 4 is 15.9 Å². The molecule has 3 rings (SSSR count). The Labute approximate surface area is 185 Å². The molecule has 0 radical (unpaired) electrons. The largest absolute Gasteiger partial charge is 0.494 e. The van der Waals surface area contributed by atoms with E-state index in [1.807, 2.05) is 6.92 Å². The molecule has 1 N–H and O–H groups in total. The predicted octanol–water partition coefficient (Wildman–Crippen LogP) is 3.82. The van der Waals surface area contributed by atoms with Gasteiger partial charge in [-0.15, -0.1) is 0 Å². The van der Waals surface area contributed by atoms with Crippen molar-refractivity contribution in [3.63, 3.8) is 0 Å². The molecular weight excluding hydrogens is 445 g/mol. The van der Waals surface area contributed by atoms with Crippen LogP contribution in [0.5, 0.6) is 5.75 Å². The molecule has 1 heterocycles. The number of hydrogen-bond acceptors (Lipinski definition) is 4. The van der Waals surface area contributed by atoms with Crippen molar-refractivity contribution in [3.8, 4) is 5.75 Å². The van der Waals surface area contributed by atoms with Crippen molar-refractivity contribution in [1.82, 2.24) is 9.62 Å². The van der Waals surface area contributed by atoms with Gasteiger partial charge < -0.3 is 10.1 Å². The van der Waals surface area contributed by atoms with E-state index in [0.29, 0.717) is 30.8 Å². The van der Waals surface area contributed by atoms with E-state index in [0.717, 1.165) is 12.1 Å². The van der Waals surface area contributed by atoms with Crippen LogP contribution in [0.1, 0.15) is 30.9 Å². The topological polar surface area (TPSA) is 75.7 Å². The first-order chi connectivity index (χ1) is 15.1. The van der Waals surface area contributed by atoms with Crippen molar-refractivity contribution < 1.29 is 31.1 Å². The zero-order valence-electron chi connectivity index (χ0n) is 17.6. The van der Waals surface area contributed by atoms with Gasteiger partial charge in [-0.05, 0) is 61.7 Å². The zero-order valence-corrected chi connectivity index (χ0v) is 18.4. The Hall–Kier alpha value is -2.59. The van der Waals surface area contributed by atoms with E-state index in [1.54, 1.807) is 12.1 Å². The minimum Gasteiger partial charge on any atom is -0.494 e. The molecule has 0 saturated carbocycles. The van der Waals surface area contributed by atoms with E-state index in [9.17, 15) is 26.4 Å². The summed E-state index contributed by atoms with van der Waals surface area (Å²) in [6.45, 7) is 2.87. The minimum absolute atomic E-state index is 0.113. The second kappa shape index (κ2) is 9.91. The number of rotatable bonds is 7. The van der Waals surface area contributed by atoms with Crippen molar-refractivity contribution in [2.24, 2.45) is 5.92 Å². The minimum atomic E-state index is -4.40. The number of nitrogens with one attached hydrogen (secondary N) is 1. The number of hydrogen-bond donors (Lipinski definition) is 1. The molecule has 0 unspecified atom stereocenters. The number of sulfonamides is 1. The van der Waals surface area contributed by atoms with Crippen LogP contribution in [0.15, 0.2) is 53.4 Å². The monoisotopic (exact) mass is 470 g/mol. The Morgan fingerprint density at radius 1 is 1.06 bits per heavy atom. The van der Waals surface area contributed by atoms with Crippen molar-refractivity contribution in [2.75, 3.05) is 19.7 Å². The van der Waals surface area contributed by atoms with Crippen LogP contribution >= 0.6 is 0 Å². The molecule has 32 heavy (non-hydrogen) atoms. The number of amides is 1. The number of piperidine rings is 1. The summed E-state index contributed by atoms with van der Waals surface area (Å²) in [5.41, 5.74) is -0.185. The maximum atomic E-state index is 12.8. The van der Waals surface area contributed by atoms with Crippen LogP contribution in [0.2, 0.25) is 0 Å². The van der Waals surface area contributed by atoms with E-state index in [2.05, 4.69) is 5.32 Å². The number of carbonyl (C=O) groups excluding carboxylic acids is 1. The summed E-state index contributed by atoms with van der Waals surface area (Å²) in [6, 6.07) is 10.8. The molecule has 1 saturated heterocycles. The van der Waals surface area contributed by atoms with Crippen molar-refractivity contribution in [1.29, 1.82) is 0 Å². The van der Waals surface area contributed by atoms with E-state index >= 15 is 0 Å². The van der Waals surface area contributed by atoms with Gasteiger partial charge in [0.05, 0.1) is 17.1 Å². The highest BCUT2D eigenvalue weighted by Crippen LogP contribution is 2.29. The fourth-order valence-corrected chi connectivity index (χ4v) is 5.00. The molecule has 0 spiro atoms. The fourth-order valence-electron chi connectivity index (χ4n) is 3.53. The van der Waals surface area contributed by atoms with Gasteiger partial charge in [-0.1, -0.05) is 12.1 Å². The number of halogens is 3. The lowest BCUT2D eigenvalue weighted by Gasteiger charge is -2.30. The third kappa shape index (κ3) is 5.80. The van der Waals surface area contributed by atoms with E-state index in [1.165, 1.54) is 28.6 Å². The van der Waals surface area contributed by atoms with Crippen LogP contribution in [0, 0.1) is 5.92 Å². The van der Waals surface area contributed by atoms with Gasteiger partial charge in [0.25, 0.3) is 0 Å². The predicted molar refractivity (Wildman–Crippen MR) is 112 cm³/mol. The molecule has 1 aliphatic heterocycles. The number of benzene rings is 2. The summed E-state index contributed by atoms with van der Waals surface area (Å²) in [7, 11) is -3.66. The molecular formula is C22H25F3N2O4S. The molecule has 1 aliphatic rings. The maximum Gasteiger partial charge on any atom is 0.416 e. The smallest absolute Gasteiger partial charge is 0.416 e. The average Bonchev–Trinajstić information content (AvgIpc) is 2.78. The zero-order chi connectivity index (χ0) is 23.4. The fraction of sp³-hybridized carbons (Fsp3) is 0.409. The summed E-state index contributed by atoms with van der Waals surface area (Å²) in [4.78, 5) is 12.6. The first kappa shape index (κ1) is 24.1. The van der Waals surface area contributed by atoms with Crippen molar-refractivity contribution in [3.05, 3.63) is 59.7 Å². The maximum absolute atomic E-state index is 12.8. The average molecular weight is 471 g/mol. The molecule has 1 fully saturated rings. The highest BCUT2D eigenvalue weighted by atomic mass is 32.2. The lowest BCUT2D eigenvalue weighted by molar-refractivity contribution is -0.137. The standard InChI is InChI=1S/C22H25F3N2O4S/c1-2-31-19-7-9-20(10-8-19)32(29,30)27-13-11-17(12-14-27)21(28)26-15-16-3-5-18(6-4-16)22(23,24)25/h3-10,17H,2,11-15H2,1H3,(H,26,28). The van der Waals surface area contributed by atoms with Gasteiger partial charge >= 0.3 is 6.18 Å². The first-order valence-corrected chi connectivity index (χ1v) is 11.7. The van der Waals surface area contributed by atoms with E-state index in [4.69, 9.17) is 4.74 Å². The quantitative estimate of drug-likeness (QED) is 0.668. The van der Waals surface area contributed by atoms with E-state index < -0.39 is 21.8 Å². The summed E-state index contributed by atoms with van der Waals surface area (Å²) in [5, 5.41) is 2.73. The van der Waals surface area contributed by atoms with Crippen LogP contribution in [0.25, 0.3) is 0 Å². The SMILES string of the molecule is CCOc1ccc(S(=O)(=O)N2CCC(C(=O)NCc3ccc(C(F)(F)F)cc3)CC2)cc1. The lowest BCUT2D eigenvalue weighted by Crippen LogP contribution is -2.42. The summed E-state index contributed by atoms with van der Waals surface area (Å²) in [6.07, 6.45) is -3.66. The molecule has 10 heteroatoms. The number of ether oxygens (including phenoxy) is 1. The van der Waals surface area contributed by atoms with Gasteiger partial charge in [0.2, 0.25) is 15.9 Å². The Morgan fingerprint density at radius 3 is 2.19 bits per heavy atom. The third-order valence-electron chi connectivity index (χ3n) is 5.35. The van der Waals surface area contributed by atoms with Crippen LogP contribution in [0.3, 0.4) is 0 Å². The Kier molecular flexibility index (Phi) is 7.45. The molecule has 2 aromatic rings. The number of nitrogens with zero attached hydrogens (tertiary/aromatic N) is 1. The highest BCUT2D eigenvalue weighted by Gasteiger charge is 2.32. The van der Waals surface area contributed by atoms with Crippen LogP contribution in [0.4, 0.5) is 13.2 Å². The lowest BCUT2D eigenvalue weighted by atomic mass is 9.97. The molecule has 6 nitrogen and oxygen atoms in total. The van der Waals surface area contributed by atoms with Crippen LogP contribution in [-0.2, 0) is 27.5 Å². The van der Waals surface area contributed by atoms with Gasteiger partial charge in [-0.2, -0.15) is 17.5 Å². The normalized spacial score (nSPS) is 16.0. The van der Waals surface area contributed by atoms with Gasteiger partial charge in [0.15, 0.2) is 0 Å². The van der Waals surface area contributed by atoms with Crippen molar-refractivity contribution in [2.45, 2.75) is 37.4 Å². The molecule has 2 aromatic carbocycles. The Morgan fingerprint density at radius 2 is 1.66 bits per heavy atom. The van der Waals surface area contributed by atoms with Gasteiger partial charge in [0.1, 0.15) is 5.75 Å². The molecule has 174 valence electrons. The van der Waals surface area contributed by atoms with Crippen LogP contribution < -0.4 is 10.1 Å². The van der Waals surface area contributed by atoms with Gasteiger partial charge in [-0.25, -0.2) is 8.42 Å². The summed E-state index contributed by atoms with van der Waals surface area (Å²) in [5.74, 6) is 0.00844. The molecule has 1 amide bonds. The Balaban J connectivity index is 1.51. The second-order valence-corrected chi connectivity index (χ2v) is 9.43. The van der Waals surface area contributed by atoms with Gasteiger partial charge in [0, 0.05) is 25.6 Å². The second-order valence-electron chi connectivity index (χ2n) is 7.50. The number of alkyl halides is 3. The Bertz CT molecular complexity index is 1010.